The summed E-state index contributed by atoms with van der Waals surface area (Å²) in [5, 5.41) is 1.10. The lowest BCUT2D eigenvalue weighted by Crippen LogP contribution is -2.37. The van der Waals surface area contributed by atoms with Gasteiger partial charge in [0.25, 0.3) is 0 Å². The van der Waals surface area contributed by atoms with Crippen LogP contribution >= 0.6 is 15.9 Å². The van der Waals surface area contributed by atoms with E-state index >= 15 is 0 Å². The van der Waals surface area contributed by atoms with E-state index in [0.717, 1.165) is 11.9 Å². The van der Waals surface area contributed by atoms with E-state index in [1.54, 1.807) is 0 Å². The summed E-state index contributed by atoms with van der Waals surface area (Å²) < 4.78 is 0. The maximum atomic E-state index is 3.77. The lowest BCUT2D eigenvalue weighted by atomic mass is 9.80. The highest BCUT2D eigenvalue weighted by molar-refractivity contribution is 9.09. The van der Waals surface area contributed by atoms with Crippen molar-refractivity contribution in [1.82, 2.24) is 0 Å². The van der Waals surface area contributed by atoms with Gasteiger partial charge < -0.3 is 4.90 Å². The molecule has 0 fully saturated rings. The summed E-state index contributed by atoms with van der Waals surface area (Å²) in [7, 11) is 2.23. The molecule has 0 N–H and O–H groups in total. The van der Waals surface area contributed by atoms with Gasteiger partial charge in [0.05, 0.1) is 0 Å². The molecule has 0 radical (unpaired) electrons. The Morgan fingerprint density at radius 2 is 1.68 bits per heavy atom. The monoisotopic (exact) mass is 325 g/mol. The van der Waals surface area contributed by atoms with Crippen molar-refractivity contribution in [1.29, 1.82) is 0 Å². The SMILES string of the molecule is CCCC(CBr)(CCC)CN(C)c1ccccc1C. The van der Waals surface area contributed by atoms with Crippen LogP contribution in [0.15, 0.2) is 24.3 Å². The molecule has 2 heteroatoms. The van der Waals surface area contributed by atoms with Crippen LogP contribution in [-0.4, -0.2) is 18.9 Å². The molecule has 0 aliphatic rings. The minimum absolute atomic E-state index is 0.403. The van der Waals surface area contributed by atoms with Crippen molar-refractivity contribution >= 4 is 21.6 Å². The van der Waals surface area contributed by atoms with Crippen molar-refractivity contribution < 1.29 is 0 Å². The first-order valence-electron chi connectivity index (χ1n) is 7.41. The molecule has 1 aromatic carbocycles. The molecule has 0 aromatic heterocycles. The van der Waals surface area contributed by atoms with Gasteiger partial charge in [0.1, 0.15) is 0 Å². The summed E-state index contributed by atoms with van der Waals surface area (Å²) in [4.78, 5) is 2.43. The van der Waals surface area contributed by atoms with E-state index in [2.05, 4.69) is 72.9 Å². The maximum absolute atomic E-state index is 3.77. The molecule has 19 heavy (non-hydrogen) atoms. The molecule has 108 valence electrons. The van der Waals surface area contributed by atoms with E-state index in [1.165, 1.54) is 36.9 Å². The molecule has 1 aromatic rings. The van der Waals surface area contributed by atoms with Gasteiger partial charge in [-0.25, -0.2) is 0 Å². The second-order valence-corrected chi connectivity index (χ2v) is 6.34. The zero-order valence-electron chi connectivity index (χ0n) is 12.9. The first-order chi connectivity index (χ1) is 9.08. The Bertz CT molecular complexity index is 369. The molecule has 1 nitrogen and oxygen atoms in total. The summed E-state index contributed by atoms with van der Waals surface area (Å²) >= 11 is 3.77. The Morgan fingerprint density at radius 3 is 2.16 bits per heavy atom. The standard InChI is InChI=1S/C17H28BrN/c1-5-11-17(13-18,12-6-2)14-19(4)16-10-8-7-9-15(16)3/h7-10H,5-6,11-14H2,1-4H3. The average Bonchev–Trinajstić information content (AvgIpc) is 2.39. The van der Waals surface area contributed by atoms with Crippen LogP contribution in [0, 0.1) is 12.3 Å². The van der Waals surface area contributed by atoms with Crippen molar-refractivity contribution in [2.45, 2.75) is 46.5 Å². The van der Waals surface area contributed by atoms with Crippen molar-refractivity contribution in [3.8, 4) is 0 Å². The number of para-hydroxylation sites is 1. The molecule has 0 atom stereocenters. The molecular weight excluding hydrogens is 298 g/mol. The van der Waals surface area contributed by atoms with Crippen LogP contribution in [0.1, 0.15) is 45.1 Å². The quantitative estimate of drug-likeness (QED) is 0.577. The molecule has 0 aliphatic heterocycles. The van der Waals surface area contributed by atoms with Crippen LogP contribution < -0.4 is 4.90 Å². The van der Waals surface area contributed by atoms with E-state index in [-0.39, 0.29) is 0 Å². The maximum Gasteiger partial charge on any atom is 0.0393 e. The first-order valence-corrected chi connectivity index (χ1v) is 8.53. The minimum atomic E-state index is 0.403. The van der Waals surface area contributed by atoms with Gasteiger partial charge in [-0.2, -0.15) is 0 Å². The van der Waals surface area contributed by atoms with E-state index in [1.807, 2.05) is 0 Å². The summed E-state index contributed by atoms with van der Waals surface area (Å²) in [6.45, 7) is 7.91. The van der Waals surface area contributed by atoms with Gasteiger partial charge in [-0.3, -0.25) is 0 Å². The number of rotatable bonds is 8. The Kier molecular flexibility index (Phi) is 6.92. The number of anilines is 1. The molecular formula is C17H28BrN. The minimum Gasteiger partial charge on any atom is -0.374 e. The summed E-state index contributed by atoms with van der Waals surface area (Å²) in [6.07, 6.45) is 5.10. The highest BCUT2D eigenvalue weighted by atomic mass is 79.9. The van der Waals surface area contributed by atoms with Gasteiger partial charge in [-0.1, -0.05) is 60.8 Å². The second-order valence-electron chi connectivity index (χ2n) is 5.78. The summed E-state index contributed by atoms with van der Waals surface area (Å²) in [5.41, 5.74) is 3.13. The summed E-state index contributed by atoms with van der Waals surface area (Å²) in [6, 6.07) is 8.67. The fraction of sp³-hybridized carbons (Fsp3) is 0.647. The van der Waals surface area contributed by atoms with E-state index in [9.17, 15) is 0 Å². The fourth-order valence-electron chi connectivity index (χ4n) is 3.10. The largest absolute Gasteiger partial charge is 0.374 e. The Labute approximate surface area is 127 Å². The van der Waals surface area contributed by atoms with Crippen LogP contribution in [0.2, 0.25) is 0 Å². The summed E-state index contributed by atoms with van der Waals surface area (Å²) in [5.74, 6) is 0. The zero-order chi connectivity index (χ0) is 14.3. The lowest BCUT2D eigenvalue weighted by molar-refractivity contribution is 0.283. The van der Waals surface area contributed by atoms with Crippen molar-refractivity contribution in [2.75, 3.05) is 23.8 Å². The number of benzene rings is 1. The first kappa shape index (κ1) is 16.6. The predicted octanol–water partition coefficient (Wildman–Crippen LogP) is 5.41. The zero-order valence-corrected chi connectivity index (χ0v) is 14.5. The van der Waals surface area contributed by atoms with Gasteiger partial charge in [0.2, 0.25) is 0 Å². The van der Waals surface area contributed by atoms with Crippen LogP contribution in [0.3, 0.4) is 0 Å². The highest BCUT2D eigenvalue weighted by Gasteiger charge is 2.29. The fourth-order valence-corrected chi connectivity index (χ4v) is 3.84. The number of nitrogens with zero attached hydrogens (tertiary/aromatic N) is 1. The van der Waals surface area contributed by atoms with Crippen LogP contribution in [-0.2, 0) is 0 Å². The second kappa shape index (κ2) is 7.94. The molecule has 1 rings (SSSR count). The van der Waals surface area contributed by atoms with E-state index in [4.69, 9.17) is 0 Å². The lowest BCUT2D eigenvalue weighted by Gasteiger charge is -2.37. The smallest absolute Gasteiger partial charge is 0.0393 e. The van der Waals surface area contributed by atoms with Gasteiger partial charge in [0, 0.05) is 24.6 Å². The number of alkyl halides is 1. The van der Waals surface area contributed by atoms with Gasteiger partial charge in [0.15, 0.2) is 0 Å². The molecule has 0 saturated carbocycles. The Morgan fingerprint density at radius 1 is 1.11 bits per heavy atom. The molecule has 0 aliphatic carbocycles. The number of halogens is 1. The number of aryl methyl sites for hydroxylation is 1. The predicted molar refractivity (Wildman–Crippen MR) is 90.5 cm³/mol. The third-order valence-electron chi connectivity index (χ3n) is 3.94. The van der Waals surface area contributed by atoms with Crippen LogP contribution in [0.25, 0.3) is 0 Å². The van der Waals surface area contributed by atoms with Crippen molar-refractivity contribution in [3.05, 3.63) is 29.8 Å². The third kappa shape index (κ3) is 4.52. The molecule has 0 unspecified atom stereocenters. The van der Waals surface area contributed by atoms with E-state index < -0.39 is 0 Å². The Balaban J connectivity index is 2.86. The molecule has 0 spiro atoms. The van der Waals surface area contributed by atoms with Crippen LogP contribution in [0.4, 0.5) is 5.69 Å². The van der Waals surface area contributed by atoms with Crippen molar-refractivity contribution in [2.24, 2.45) is 5.41 Å². The van der Waals surface area contributed by atoms with Gasteiger partial charge in [-0.15, -0.1) is 0 Å². The highest BCUT2D eigenvalue weighted by Crippen LogP contribution is 2.34. The normalized spacial score (nSPS) is 11.6. The molecule has 0 bridgehead atoms. The Hall–Kier alpha value is -0.500. The van der Waals surface area contributed by atoms with Gasteiger partial charge in [-0.05, 0) is 36.8 Å². The van der Waals surface area contributed by atoms with Gasteiger partial charge >= 0.3 is 0 Å². The third-order valence-corrected chi connectivity index (χ3v) is 5.13. The van der Waals surface area contributed by atoms with Crippen molar-refractivity contribution in [3.63, 3.8) is 0 Å². The molecule has 0 saturated heterocycles. The number of hydrogen-bond acceptors (Lipinski definition) is 1. The van der Waals surface area contributed by atoms with E-state index in [0.29, 0.717) is 5.41 Å². The van der Waals surface area contributed by atoms with Crippen LogP contribution in [0.5, 0.6) is 0 Å². The average molecular weight is 326 g/mol. The molecule has 0 amide bonds. The number of hydrogen-bond donors (Lipinski definition) is 0. The topological polar surface area (TPSA) is 3.24 Å². The molecule has 0 heterocycles.